The van der Waals surface area contributed by atoms with E-state index in [1.807, 2.05) is 0 Å². The molecule has 0 unspecified atom stereocenters. The van der Waals surface area contributed by atoms with Crippen molar-refractivity contribution < 1.29 is 4.92 Å². The van der Waals surface area contributed by atoms with Crippen LogP contribution in [-0.2, 0) is 12.6 Å². The predicted octanol–water partition coefficient (Wildman–Crippen LogP) is 1.12. The number of non-ortho nitro benzene ring substituents is 1. The molecule has 0 heterocycles. The molecule has 0 aromatic heterocycles. The van der Waals surface area contributed by atoms with E-state index in [2.05, 4.69) is 0 Å². The molecular formula is C6H4NO2STl. The van der Waals surface area contributed by atoms with Crippen LogP contribution >= 0.6 is 0 Å². The first-order valence-electron chi connectivity index (χ1n) is 2.61. The molecular weight excluding hydrogens is 355 g/mol. The fourth-order valence-corrected chi connectivity index (χ4v) is 0.704. The van der Waals surface area contributed by atoms with Crippen LogP contribution in [0.15, 0.2) is 29.2 Å². The van der Waals surface area contributed by atoms with Crippen molar-refractivity contribution >= 4 is 45.6 Å². The minimum atomic E-state index is -0.450. The summed E-state index contributed by atoms with van der Waals surface area (Å²) in [5.41, 5.74) is 0.0774. The smallest absolute Gasteiger partial charge is 0.780 e. The van der Waals surface area contributed by atoms with E-state index in [1.165, 1.54) is 24.3 Å². The number of nitro groups is 1. The average molecular weight is 359 g/mol. The molecule has 0 spiro atoms. The van der Waals surface area contributed by atoms with E-state index in [9.17, 15) is 10.1 Å². The van der Waals surface area contributed by atoms with Crippen molar-refractivity contribution in [2.24, 2.45) is 0 Å². The first kappa shape index (κ1) is 10.8. The van der Waals surface area contributed by atoms with E-state index in [0.29, 0.717) is 4.90 Å². The van der Waals surface area contributed by atoms with Gasteiger partial charge in [0.2, 0.25) is 0 Å². The molecule has 0 bridgehead atoms. The van der Waals surface area contributed by atoms with Gasteiger partial charge in [-0.15, -0.1) is 0 Å². The van der Waals surface area contributed by atoms with Gasteiger partial charge in [-0.25, -0.2) is 0 Å². The average Bonchev–Trinajstić information content (AvgIpc) is 1.88. The molecule has 54 valence electrons. The monoisotopic (exact) mass is 359 g/mol. The minimum Gasteiger partial charge on any atom is -0.780 e. The molecule has 0 aliphatic rings. The third-order valence-corrected chi connectivity index (χ3v) is 1.32. The predicted molar refractivity (Wildman–Crippen MR) is 44.5 cm³/mol. The molecule has 1 aromatic carbocycles. The van der Waals surface area contributed by atoms with Crippen LogP contribution in [0.2, 0.25) is 0 Å². The zero-order valence-corrected chi connectivity index (χ0v) is 10.9. The molecule has 3 nitrogen and oxygen atoms in total. The summed E-state index contributed by atoms with van der Waals surface area (Å²) in [7, 11) is 0. The Morgan fingerprint density at radius 1 is 1.27 bits per heavy atom. The summed E-state index contributed by atoms with van der Waals surface area (Å²) < 4.78 is 0. The second-order valence-electron chi connectivity index (χ2n) is 1.75. The number of benzene rings is 1. The van der Waals surface area contributed by atoms with E-state index >= 15 is 0 Å². The van der Waals surface area contributed by atoms with Gasteiger partial charge in [-0.05, 0) is 0 Å². The van der Waals surface area contributed by atoms with Crippen LogP contribution in [0, 0.1) is 10.1 Å². The molecule has 1 aromatic rings. The van der Waals surface area contributed by atoms with Gasteiger partial charge < -0.3 is 12.6 Å². The normalized spacial score (nSPS) is 8.36. The van der Waals surface area contributed by atoms with Crippen LogP contribution in [-0.4, -0.2) is 32.2 Å². The Hall–Kier alpha value is -0.238. The van der Waals surface area contributed by atoms with E-state index in [4.69, 9.17) is 12.6 Å². The Bertz CT molecular complexity index is 249. The van der Waals surface area contributed by atoms with E-state index in [0.717, 1.165) is 0 Å². The molecule has 0 atom stereocenters. The van der Waals surface area contributed by atoms with Crippen molar-refractivity contribution in [1.82, 2.24) is 0 Å². The summed E-state index contributed by atoms with van der Waals surface area (Å²) in [5.74, 6) is 0. The first-order chi connectivity index (χ1) is 4.70. The van der Waals surface area contributed by atoms with Crippen LogP contribution in [0.3, 0.4) is 0 Å². The molecule has 5 heteroatoms. The van der Waals surface area contributed by atoms with Gasteiger partial charge in [-0.3, -0.25) is 10.1 Å². The summed E-state index contributed by atoms with van der Waals surface area (Å²) in [6, 6.07) is 5.85. The molecule has 0 aliphatic heterocycles. The standard InChI is InChI=1S/C6H5NO2S.Tl/c8-7(9)5-1-3-6(10)4-2-5;/h1-4,10H;/q;+1/p-1. The second kappa shape index (κ2) is 4.60. The quantitative estimate of drug-likeness (QED) is 0.327. The number of hydrogen-bond donors (Lipinski definition) is 0. The Kier molecular flexibility index (Phi) is 4.50. The summed E-state index contributed by atoms with van der Waals surface area (Å²) >= 11 is 4.74. The zero-order valence-electron chi connectivity index (χ0n) is 5.56. The van der Waals surface area contributed by atoms with Crippen LogP contribution in [0.1, 0.15) is 0 Å². The van der Waals surface area contributed by atoms with Crippen LogP contribution in [0.4, 0.5) is 5.69 Å². The van der Waals surface area contributed by atoms with Crippen molar-refractivity contribution in [3.8, 4) is 0 Å². The minimum absolute atomic E-state index is 0. The zero-order chi connectivity index (χ0) is 7.56. The molecule has 11 heavy (non-hydrogen) atoms. The van der Waals surface area contributed by atoms with Gasteiger partial charge in [-0.1, -0.05) is 12.1 Å². The van der Waals surface area contributed by atoms with Gasteiger partial charge in [0.1, 0.15) is 0 Å². The fraction of sp³-hybridized carbons (Fsp3) is 0. The molecule has 0 saturated carbocycles. The van der Waals surface area contributed by atoms with E-state index < -0.39 is 4.92 Å². The van der Waals surface area contributed by atoms with Crippen molar-refractivity contribution in [2.45, 2.75) is 4.90 Å². The molecule has 0 aliphatic carbocycles. The fourth-order valence-electron chi connectivity index (χ4n) is 0.568. The third-order valence-electron chi connectivity index (χ3n) is 1.05. The van der Waals surface area contributed by atoms with Gasteiger partial charge in [-0.2, -0.15) is 4.90 Å². The molecule has 0 N–H and O–H groups in total. The van der Waals surface area contributed by atoms with Gasteiger partial charge in [0, 0.05) is 12.1 Å². The molecule has 0 saturated heterocycles. The molecule has 0 radical (unpaired) electrons. The summed E-state index contributed by atoms with van der Waals surface area (Å²) in [5, 5.41) is 10.1. The van der Waals surface area contributed by atoms with Crippen molar-refractivity contribution in [1.29, 1.82) is 0 Å². The van der Waals surface area contributed by atoms with Crippen LogP contribution < -0.4 is 0 Å². The largest absolute Gasteiger partial charge is 1.00 e. The molecule has 0 fully saturated rings. The first-order valence-corrected chi connectivity index (χ1v) is 3.02. The maximum Gasteiger partial charge on any atom is 1.00 e. The maximum atomic E-state index is 10.1. The van der Waals surface area contributed by atoms with Gasteiger partial charge >= 0.3 is 27.3 Å². The SMILES string of the molecule is O=[N+]([O-])c1ccc([S-])cc1.[Tl+]. The third kappa shape index (κ3) is 3.11. The van der Waals surface area contributed by atoms with Crippen molar-refractivity contribution in [3.05, 3.63) is 34.4 Å². The Morgan fingerprint density at radius 3 is 2.09 bits per heavy atom. The topological polar surface area (TPSA) is 43.1 Å². The Balaban J connectivity index is 0.000001000. The maximum absolute atomic E-state index is 10.1. The number of nitrogens with zero attached hydrogens (tertiary/aromatic N) is 1. The van der Waals surface area contributed by atoms with Crippen LogP contribution in [0.25, 0.3) is 0 Å². The number of rotatable bonds is 1. The van der Waals surface area contributed by atoms with Crippen LogP contribution in [0.5, 0.6) is 0 Å². The number of hydrogen-bond acceptors (Lipinski definition) is 3. The van der Waals surface area contributed by atoms with E-state index in [-0.39, 0.29) is 33.0 Å². The summed E-state index contributed by atoms with van der Waals surface area (Å²) in [6.07, 6.45) is 0. The number of nitro benzene ring substituents is 1. The summed E-state index contributed by atoms with van der Waals surface area (Å²) in [4.78, 5) is 10.3. The van der Waals surface area contributed by atoms with Gasteiger partial charge in [0.05, 0.1) is 4.92 Å². The Labute approximate surface area is 89.5 Å². The Morgan fingerprint density at radius 2 is 1.73 bits per heavy atom. The summed E-state index contributed by atoms with van der Waals surface area (Å²) in [6.45, 7) is 0. The molecule has 0 amide bonds. The second-order valence-corrected chi connectivity index (χ2v) is 2.22. The van der Waals surface area contributed by atoms with Gasteiger partial charge in [0.15, 0.2) is 0 Å². The van der Waals surface area contributed by atoms with Crippen molar-refractivity contribution in [3.63, 3.8) is 0 Å². The van der Waals surface area contributed by atoms with E-state index in [1.54, 1.807) is 0 Å². The van der Waals surface area contributed by atoms with Crippen molar-refractivity contribution in [2.75, 3.05) is 0 Å². The molecule has 1 rings (SSSR count). The van der Waals surface area contributed by atoms with Gasteiger partial charge in [0.25, 0.3) is 5.69 Å².